The van der Waals surface area contributed by atoms with Crippen LogP contribution in [0.2, 0.25) is 5.15 Å². The van der Waals surface area contributed by atoms with Crippen molar-refractivity contribution < 1.29 is 9.90 Å². The molecule has 2 rings (SSSR count). The summed E-state index contributed by atoms with van der Waals surface area (Å²) in [6.45, 7) is -0.155. The number of hydrogen-bond acceptors (Lipinski definition) is 6. The Morgan fingerprint density at radius 1 is 1.63 bits per heavy atom. The predicted molar refractivity (Wildman–Crippen MR) is 74.0 cm³/mol. The Kier molecular flexibility index (Phi) is 4.43. The Morgan fingerprint density at radius 3 is 3.05 bits per heavy atom. The minimum Gasteiger partial charge on any atom is -0.382 e. The van der Waals surface area contributed by atoms with Crippen molar-refractivity contribution in [2.24, 2.45) is 5.73 Å². The van der Waals surface area contributed by atoms with E-state index < -0.39 is 12.0 Å². The fraction of sp³-hybridized carbons (Fsp3) is 0.182. The summed E-state index contributed by atoms with van der Waals surface area (Å²) in [5.74, 6) is -0.606. The second-order valence-electron chi connectivity index (χ2n) is 3.62. The number of nitrogens with two attached hydrogens (primary N) is 1. The van der Waals surface area contributed by atoms with E-state index in [-0.39, 0.29) is 11.7 Å². The zero-order chi connectivity index (χ0) is 13.8. The summed E-state index contributed by atoms with van der Waals surface area (Å²) in [5.41, 5.74) is 6.00. The third kappa shape index (κ3) is 3.27. The fourth-order valence-corrected chi connectivity index (χ4v) is 2.44. The van der Waals surface area contributed by atoms with Gasteiger partial charge in [-0.3, -0.25) is 9.78 Å². The highest BCUT2D eigenvalue weighted by atomic mass is 35.5. The molecule has 0 bridgehead atoms. The first kappa shape index (κ1) is 13.9. The van der Waals surface area contributed by atoms with Gasteiger partial charge in [-0.2, -0.15) is 0 Å². The molecule has 4 N–H and O–H groups in total. The minimum absolute atomic E-state index is 0.155. The van der Waals surface area contributed by atoms with E-state index in [1.54, 1.807) is 18.5 Å². The number of aromatic nitrogens is 2. The molecule has 1 atom stereocenters. The van der Waals surface area contributed by atoms with Gasteiger partial charge in [0, 0.05) is 24.5 Å². The molecule has 6 nitrogen and oxygen atoms in total. The Morgan fingerprint density at radius 2 is 2.42 bits per heavy atom. The van der Waals surface area contributed by atoms with E-state index in [1.807, 2.05) is 6.07 Å². The molecule has 19 heavy (non-hydrogen) atoms. The fourth-order valence-electron chi connectivity index (χ4n) is 1.29. The summed E-state index contributed by atoms with van der Waals surface area (Å²) in [7, 11) is 0. The van der Waals surface area contributed by atoms with Crippen LogP contribution in [-0.2, 0) is 4.79 Å². The molecule has 0 spiro atoms. The topological polar surface area (TPSA) is 101 Å². The molecule has 0 radical (unpaired) electrons. The standard InChI is InChI=1S/C11H11ClN4O2S/c12-8-11(16-9(18)7(17)4-13)19-10(15-8)6-2-1-3-14-5-6/h1-3,5,7,17H,4,13H2,(H,16,18). The molecular weight excluding hydrogens is 288 g/mol. The summed E-state index contributed by atoms with van der Waals surface area (Å²) >= 11 is 7.14. The number of nitrogens with zero attached hydrogens (tertiary/aromatic N) is 2. The monoisotopic (exact) mass is 298 g/mol. The molecule has 2 aromatic rings. The Hall–Kier alpha value is -1.54. The third-order valence-corrected chi connectivity index (χ3v) is 3.66. The van der Waals surface area contributed by atoms with Gasteiger partial charge >= 0.3 is 0 Å². The van der Waals surface area contributed by atoms with E-state index in [9.17, 15) is 9.90 Å². The maximum atomic E-state index is 11.5. The maximum Gasteiger partial charge on any atom is 0.255 e. The lowest BCUT2D eigenvalue weighted by molar-refractivity contribution is -0.123. The van der Waals surface area contributed by atoms with Crippen LogP contribution in [0.1, 0.15) is 0 Å². The number of pyridine rings is 1. The van der Waals surface area contributed by atoms with E-state index in [1.165, 1.54) is 11.3 Å². The predicted octanol–water partition coefficient (Wildman–Crippen LogP) is 1.12. The van der Waals surface area contributed by atoms with Gasteiger partial charge in [-0.1, -0.05) is 22.9 Å². The van der Waals surface area contributed by atoms with Crippen molar-refractivity contribution in [1.29, 1.82) is 0 Å². The molecule has 0 aliphatic carbocycles. The number of rotatable bonds is 4. The largest absolute Gasteiger partial charge is 0.382 e. The van der Waals surface area contributed by atoms with Crippen molar-refractivity contribution in [3.05, 3.63) is 29.7 Å². The Labute approximate surface area is 118 Å². The Balaban J connectivity index is 2.20. The van der Waals surface area contributed by atoms with Crippen LogP contribution >= 0.6 is 22.9 Å². The van der Waals surface area contributed by atoms with Gasteiger partial charge in [0.15, 0.2) is 5.15 Å². The molecule has 1 amide bonds. The molecule has 0 aromatic carbocycles. The van der Waals surface area contributed by atoms with E-state index >= 15 is 0 Å². The van der Waals surface area contributed by atoms with Gasteiger partial charge in [0.05, 0.1) is 0 Å². The average molecular weight is 299 g/mol. The Bertz CT molecular complexity index is 575. The number of amides is 1. The third-order valence-electron chi connectivity index (χ3n) is 2.26. The number of aliphatic hydroxyl groups excluding tert-OH is 1. The van der Waals surface area contributed by atoms with Crippen LogP contribution in [0.15, 0.2) is 24.5 Å². The van der Waals surface area contributed by atoms with Crippen LogP contribution in [0, 0.1) is 0 Å². The number of thiazole rings is 1. The molecule has 2 heterocycles. The number of nitrogens with one attached hydrogen (secondary N) is 1. The summed E-state index contributed by atoms with van der Waals surface area (Å²) in [6, 6.07) is 3.61. The van der Waals surface area contributed by atoms with Gasteiger partial charge < -0.3 is 16.2 Å². The van der Waals surface area contributed by atoms with Gasteiger partial charge in [-0.15, -0.1) is 0 Å². The lowest BCUT2D eigenvalue weighted by Gasteiger charge is -2.06. The first-order valence-electron chi connectivity index (χ1n) is 5.37. The van der Waals surface area contributed by atoms with Crippen LogP contribution in [-0.4, -0.2) is 33.6 Å². The van der Waals surface area contributed by atoms with Gasteiger partial charge in [0.1, 0.15) is 16.1 Å². The normalized spacial score (nSPS) is 12.2. The lowest BCUT2D eigenvalue weighted by Crippen LogP contribution is -2.33. The van der Waals surface area contributed by atoms with E-state index in [4.69, 9.17) is 17.3 Å². The molecule has 0 aliphatic heterocycles. The SMILES string of the molecule is NCC(O)C(=O)Nc1sc(-c2cccnc2)nc1Cl. The van der Waals surface area contributed by atoms with Crippen molar-refractivity contribution in [2.45, 2.75) is 6.10 Å². The van der Waals surface area contributed by atoms with Crippen LogP contribution in [0.25, 0.3) is 10.6 Å². The van der Waals surface area contributed by atoms with Crippen molar-refractivity contribution in [3.63, 3.8) is 0 Å². The van der Waals surface area contributed by atoms with Crippen molar-refractivity contribution >= 4 is 33.8 Å². The van der Waals surface area contributed by atoms with E-state index in [0.29, 0.717) is 10.0 Å². The minimum atomic E-state index is -1.26. The van der Waals surface area contributed by atoms with Crippen LogP contribution in [0.5, 0.6) is 0 Å². The highest BCUT2D eigenvalue weighted by molar-refractivity contribution is 7.19. The van der Waals surface area contributed by atoms with Gasteiger partial charge in [-0.05, 0) is 12.1 Å². The van der Waals surface area contributed by atoms with E-state index in [2.05, 4.69) is 15.3 Å². The van der Waals surface area contributed by atoms with Gasteiger partial charge in [0.2, 0.25) is 0 Å². The summed E-state index contributed by atoms with van der Waals surface area (Å²) < 4.78 is 0. The molecule has 0 saturated heterocycles. The molecule has 0 fully saturated rings. The smallest absolute Gasteiger partial charge is 0.255 e. The lowest BCUT2D eigenvalue weighted by atomic mass is 10.3. The average Bonchev–Trinajstić information content (AvgIpc) is 2.80. The molecule has 8 heteroatoms. The quantitative estimate of drug-likeness (QED) is 0.785. The second-order valence-corrected chi connectivity index (χ2v) is 4.98. The van der Waals surface area contributed by atoms with E-state index in [0.717, 1.165) is 5.56 Å². The summed E-state index contributed by atoms with van der Waals surface area (Å²) in [4.78, 5) is 19.6. The van der Waals surface area contributed by atoms with Crippen molar-refractivity contribution in [3.8, 4) is 10.6 Å². The second kappa shape index (κ2) is 6.07. The highest BCUT2D eigenvalue weighted by Gasteiger charge is 2.17. The molecule has 1 unspecified atom stereocenters. The number of carbonyl (C=O) groups excluding carboxylic acids is 1. The maximum absolute atomic E-state index is 11.5. The molecule has 0 aliphatic rings. The number of halogens is 1. The first-order valence-corrected chi connectivity index (χ1v) is 6.57. The molecular formula is C11H11ClN4O2S. The number of anilines is 1. The summed E-state index contributed by atoms with van der Waals surface area (Å²) in [6.07, 6.45) is 2.04. The number of aliphatic hydroxyl groups is 1. The summed E-state index contributed by atoms with van der Waals surface area (Å²) in [5, 5.41) is 13.0. The van der Waals surface area contributed by atoms with Gasteiger partial charge in [0.25, 0.3) is 5.91 Å². The van der Waals surface area contributed by atoms with Gasteiger partial charge in [-0.25, -0.2) is 4.98 Å². The molecule has 2 aromatic heterocycles. The first-order chi connectivity index (χ1) is 9.11. The number of carbonyl (C=O) groups is 1. The highest BCUT2D eigenvalue weighted by Crippen LogP contribution is 2.34. The zero-order valence-electron chi connectivity index (χ0n) is 9.71. The zero-order valence-corrected chi connectivity index (χ0v) is 11.3. The van der Waals surface area contributed by atoms with Crippen LogP contribution < -0.4 is 11.1 Å². The van der Waals surface area contributed by atoms with Crippen molar-refractivity contribution in [2.75, 3.05) is 11.9 Å². The number of hydrogen-bond donors (Lipinski definition) is 3. The van der Waals surface area contributed by atoms with Crippen molar-refractivity contribution in [1.82, 2.24) is 9.97 Å². The molecule has 0 saturated carbocycles. The van der Waals surface area contributed by atoms with Crippen LogP contribution in [0.4, 0.5) is 5.00 Å². The van der Waals surface area contributed by atoms with Crippen LogP contribution in [0.3, 0.4) is 0 Å². The molecule has 100 valence electrons.